The first-order valence-electron chi connectivity index (χ1n) is 6.38. The number of rotatable bonds is 7. The minimum Gasteiger partial charge on any atom is -0.228 e. The Hall–Kier alpha value is -0.350. The number of halogens is 1. The van der Waals surface area contributed by atoms with Crippen LogP contribution in [0.25, 0.3) is 0 Å². The second-order valence-corrected chi connectivity index (χ2v) is 7.97. The third kappa shape index (κ3) is 6.01. The monoisotopic (exact) mass is 332 g/mol. The van der Waals surface area contributed by atoms with Crippen molar-refractivity contribution in [1.82, 2.24) is 0 Å². The number of hydrogen-bond acceptors (Lipinski definition) is 2. The van der Waals surface area contributed by atoms with Gasteiger partial charge >= 0.3 is 0 Å². The number of benzene rings is 1. The fourth-order valence-corrected chi connectivity index (χ4v) is 3.48. The quantitative estimate of drug-likeness (QED) is 0.750. The molecule has 0 saturated heterocycles. The standard InChI is InChI=1S/C14H21BrO2S/c1-3-12(2)5-4-10-18(16,17)11-13-6-8-14(15)9-7-13/h6-9,12H,3-5,10-11H2,1-2H3/t12-/m0/s1. The van der Waals surface area contributed by atoms with Gasteiger partial charge in [0.1, 0.15) is 0 Å². The zero-order valence-corrected chi connectivity index (χ0v) is 13.4. The number of sulfone groups is 1. The van der Waals surface area contributed by atoms with Crippen molar-refractivity contribution in [2.75, 3.05) is 5.75 Å². The Balaban J connectivity index is 2.47. The van der Waals surface area contributed by atoms with Crippen LogP contribution < -0.4 is 0 Å². The predicted octanol–water partition coefficient (Wildman–Crippen LogP) is 4.19. The van der Waals surface area contributed by atoms with Crippen molar-refractivity contribution in [3.8, 4) is 0 Å². The van der Waals surface area contributed by atoms with E-state index in [2.05, 4.69) is 29.8 Å². The second-order valence-electron chi connectivity index (χ2n) is 4.87. The molecule has 18 heavy (non-hydrogen) atoms. The molecule has 1 atom stereocenters. The van der Waals surface area contributed by atoms with E-state index in [-0.39, 0.29) is 5.75 Å². The van der Waals surface area contributed by atoms with E-state index in [1.165, 1.54) is 0 Å². The van der Waals surface area contributed by atoms with Crippen molar-refractivity contribution in [1.29, 1.82) is 0 Å². The van der Waals surface area contributed by atoms with Gasteiger partial charge in [-0.15, -0.1) is 0 Å². The highest BCUT2D eigenvalue weighted by Crippen LogP contribution is 2.15. The Morgan fingerprint density at radius 3 is 2.39 bits per heavy atom. The van der Waals surface area contributed by atoms with Crippen molar-refractivity contribution in [3.05, 3.63) is 34.3 Å². The summed E-state index contributed by atoms with van der Waals surface area (Å²) in [6.07, 6.45) is 2.89. The molecule has 0 heterocycles. The maximum absolute atomic E-state index is 11.9. The lowest BCUT2D eigenvalue weighted by molar-refractivity contribution is 0.505. The van der Waals surface area contributed by atoms with Crippen LogP contribution in [0.2, 0.25) is 0 Å². The van der Waals surface area contributed by atoms with Crippen LogP contribution in [0.4, 0.5) is 0 Å². The molecule has 0 aromatic heterocycles. The first-order chi connectivity index (χ1) is 8.43. The molecule has 0 spiro atoms. The van der Waals surface area contributed by atoms with Crippen molar-refractivity contribution in [3.63, 3.8) is 0 Å². The first-order valence-corrected chi connectivity index (χ1v) is 8.99. The molecule has 0 unspecified atom stereocenters. The van der Waals surface area contributed by atoms with Gasteiger partial charge in [-0.3, -0.25) is 0 Å². The highest BCUT2D eigenvalue weighted by molar-refractivity contribution is 9.10. The van der Waals surface area contributed by atoms with E-state index in [1.54, 1.807) is 0 Å². The van der Waals surface area contributed by atoms with Crippen molar-refractivity contribution < 1.29 is 8.42 Å². The van der Waals surface area contributed by atoms with Crippen molar-refractivity contribution >= 4 is 25.8 Å². The Bertz CT molecular complexity index is 451. The summed E-state index contributed by atoms with van der Waals surface area (Å²) in [4.78, 5) is 0. The Kier molecular flexibility index (Phi) is 6.36. The SMILES string of the molecule is CC[C@H](C)CCCS(=O)(=O)Cc1ccc(Br)cc1. The summed E-state index contributed by atoms with van der Waals surface area (Å²) < 4.78 is 24.9. The van der Waals surface area contributed by atoms with Gasteiger partial charge in [0, 0.05) is 4.47 Å². The largest absolute Gasteiger partial charge is 0.228 e. The van der Waals surface area contributed by atoms with Crippen LogP contribution >= 0.6 is 15.9 Å². The van der Waals surface area contributed by atoms with Gasteiger partial charge < -0.3 is 0 Å². The highest BCUT2D eigenvalue weighted by Gasteiger charge is 2.12. The summed E-state index contributed by atoms with van der Waals surface area (Å²) in [6, 6.07) is 7.47. The van der Waals surface area contributed by atoms with Crippen LogP contribution in [0.1, 0.15) is 38.7 Å². The molecule has 0 aliphatic rings. The maximum Gasteiger partial charge on any atom is 0.154 e. The molecule has 0 radical (unpaired) electrons. The van der Waals surface area contributed by atoms with Gasteiger partial charge in [0.2, 0.25) is 0 Å². The first kappa shape index (κ1) is 15.7. The smallest absolute Gasteiger partial charge is 0.154 e. The summed E-state index contributed by atoms with van der Waals surface area (Å²) in [6.45, 7) is 4.31. The number of hydrogen-bond donors (Lipinski definition) is 0. The molecule has 0 aliphatic heterocycles. The predicted molar refractivity (Wildman–Crippen MR) is 80.3 cm³/mol. The lowest BCUT2D eigenvalue weighted by Gasteiger charge is -2.08. The summed E-state index contributed by atoms with van der Waals surface area (Å²) in [5, 5.41) is 0. The lowest BCUT2D eigenvalue weighted by Crippen LogP contribution is -2.10. The van der Waals surface area contributed by atoms with E-state index in [9.17, 15) is 8.42 Å². The van der Waals surface area contributed by atoms with Gasteiger partial charge in [-0.05, 0) is 36.5 Å². The van der Waals surface area contributed by atoms with E-state index < -0.39 is 9.84 Å². The zero-order valence-electron chi connectivity index (χ0n) is 11.0. The molecule has 1 aromatic rings. The molecular weight excluding hydrogens is 312 g/mol. The van der Waals surface area contributed by atoms with Crippen molar-refractivity contribution in [2.24, 2.45) is 5.92 Å². The fraction of sp³-hybridized carbons (Fsp3) is 0.571. The van der Waals surface area contributed by atoms with E-state index in [4.69, 9.17) is 0 Å². The average molecular weight is 333 g/mol. The maximum atomic E-state index is 11.9. The van der Waals surface area contributed by atoms with E-state index in [0.29, 0.717) is 11.7 Å². The minimum absolute atomic E-state index is 0.154. The molecule has 0 aliphatic carbocycles. The molecule has 0 saturated carbocycles. The van der Waals surface area contributed by atoms with Crippen LogP contribution in [0, 0.1) is 5.92 Å². The van der Waals surface area contributed by atoms with Gasteiger partial charge in [-0.1, -0.05) is 48.3 Å². The summed E-state index contributed by atoms with van der Waals surface area (Å²) in [7, 11) is -2.97. The Labute approximate surface area is 119 Å². The molecule has 0 amide bonds. The van der Waals surface area contributed by atoms with Crippen LogP contribution in [0.15, 0.2) is 28.7 Å². The van der Waals surface area contributed by atoms with Crippen LogP contribution in [-0.2, 0) is 15.6 Å². The van der Waals surface area contributed by atoms with E-state index in [1.807, 2.05) is 24.3 Å². The lowest BCUT2D eigenvalue weighted by atomic mass is 10.0. The summed E-state index contributed by atoms with van der Waals surface area (Å²) in [5.74, 6) is 1.07. The van der Waals surface area contributed by atoms with Crippen molar-refractivity contribution in [2.45, 2.75) is 38.9 Å². The zero-order chi connectivity index (χ0) is 13.6. The van der Waals surface area contributed by atoms with Crippen LogP contribution in [0.3, 0.4) is 0 Å². The summed E-state index contributed by atoms with van der Waals surface area (Å²) >= 11 is 3.34. The Morgan fingerprint density at radius 1 is 1.22 bits per heavy atom. The molecule has 0 fully saturated rings. The van der Waals surface area contributed by atoms with Crippen LogP contribution in [-0.4, -0.2) is 14.2 Å². The van der Waals surface area contributed by atoms with Gasteiger partial charge in [-0.2, -0.15) is 0 Å². The normalized spacial score (nSPS) is 13.5. The Morgan fingerprint density at radius 2 is 1.83 bits per heavy atom. The average Bonchev–Trinajstić information content (AvgIpc) is 2.31. The topological polar surface area (TPSA) is 34.1 Å². The van der Waals surface area contributed by atoms with Gasteiger partial charge in [0.15, 0.2) is 9.84 Å². The fourth-order valence-electron chi connectivity index (χ4n) is 1.76. The third-order valence-electron chi connectivity index (χ3n) is 3.15. The van der Waals surface area contributed by atoms with E-state index >= 15 is 0 Å². The molecule has 102 valence electrons. The van der Waals surface area contributed by atoms with E-state index in [0.717, 1.165) is 29.3 Å². The molecule has 0 N–H and O–H groups in total. The second kappa shape index (κ2) is 7.29. The molecular formula is C14H21BrO2S. The van der Waals surface area contributed by atoms with Gasteiger partial charge in [-0.25, -0.2) is 8.42 Å². The molecule has 2 nitrogen and oxygen atoms in total. The summed E-state index contributed by atoms with van der Waals surface area (Å²) in [5.41, 5.74) is 0.863. The third-order valence-corrected chi connectivity index (χ3v) is 5.36. The van der Waals surface area contributed by atoms with Gasteiger partial charge in [0.05, 0.1) is 11.5 Å². The van der Waals surface area contributed by atoms with Crippen LogP contribution in [0.5, 0.6) is 0 Å². The molecule has 4 heteroatoms. The highest BCUT2D eigenvalue weighted by atomic mass is 79.9. The molecule has 1 aromatic carbocycles. The minimum atomic E-state index is -2.97. The van der Waals surface area contributed by atoms with Gasteiger partial charge in [0.25, 0.3) is 0 Å². The molecule has 1 rings (SSSR count). The molecule has 0 bridgehead atoms.